The lowest BCUT2D eigenvalue weighted by atomic mass is 10.1. The number of hydrogen-bond acceptors (Lipinski definition) is 7. The molecule has 0 saturated heterocycles. The fourth-order valence-corrected chi connectivity index (χ4v) is 4.07. The first-order valence-electron chi connectivity index (χ1n) is 10.7. The fraction of sp³-hybridized carbons (Fsp3) is 0.292. The summed E-state index contributed by atoms with van der Waals surface area (Å²) in [6.45, 7) is 3.43. The van der Waals surface area contributed by atoms with Crippen LogP contribution < -0.4 is 10.2 Å². The predicted octanol–water partition coefficient (Wildman–Crippen LogP) is 3.43. The first-order valence-corrected chi connectivity index (χ1v) is 11.9. The summed E-state index contributed by atoms with van der Waals surface area (Å²) in [4.78, 5) is 45.3. The van der Waals surface area contributed by atoms with Crippen LogP contribution in [-0.2, 0) is 16.1 Å². The molecule has 0 radical (unpaired) electrons. The van der Waals surface area contributed by atoms with Gasteiger partial charge < -0.3 is 20.4 Å². The van der Waals surface area contributed by atoms with E-state index < -0.39 is 23.9 Å². The number of thioether (sulfide) groups is 1. The maximum atomic E-state index is 12.5. The highest BCUT2D eigenvalue weighted by Gasteiger charge is 2.21. The summed E-state index contributed by atoms with van der Waals surface area (Å²) in [6, 6.07) is 11.7. The van der Waals surface area contributed by atoms with Gasteiger partial charge in [0.25, 0.3) is 5.91 Å². The van der Waals surface area contributed by atoms with E-state index in [9.17, 15) is 19.5 Å². The Kier molecular flexibility index (Phi) is 8.42. The van der Waals surface area contributed by atoms with E-state index in [1.54, 1.807) is 30.2 Å². The van der Waals surface area contributed by atoms with Crippen molar-refractivity contribution in [3.63, 3.8) is 0 Å². The Hall–Kier alpha value is -3.66. The number of carbonyl (C=O) groups excluding carboxylic acids is 1. The third-order valence-electron chi connectivity index (χ3n) is 5.36. The number of nitrogens with one attached hydrogen (secondary N) is 1. The summed E-state index contributed by atoms with van der Waals surface area (Å²) in [7, 11) is 0. The van der Waals surface area contributed by atoms with Gasteiger partial charge in [0.1, 0.15) is 17.4 Å². The zero-order valence-corrected chi connectivity index (χ0v) is 19.7. The van der Waals surface area contributed by atoms with Gasteiger partial charge in [-0.3, -0.25) is 9.59 Å². The number of carboxylic acid groups (broad SMARTS) is 2. The molecule has 10 heteroatoms. The molecule has 0 saturated carbocycles. The molecule has 0 fully saturated rings. The maximum Gasteiger partial charge on any atom is 0.326 e. The molecule has 0 aliphatic carbocycles. The van der Waals surface area contributed by atoms with E-state index in [0.29, 0.717) is 12.1 Å². The molecule has 3 N–H and O–H groups in total. The molecule has 34 heavy (non-hydrogen) atoms. The van der Waals surface area contributed by atoms with Gasteiger partial charge in [0.15, 0.2) is 0 Å². The molecule has 3 aromatic rings. The number of rotatable bonds is 11. The Balaban J connectivity index is 1.72. The number of aliphatic carboxylic acids is 2. The summed E-state index contributed by atoms with van der Waals surface area (Å²) in [5.41, 5.74) is 3.21. The number of nitrogens with zero attached hydrogens (tertiary/aromatic N) is 3. The highest BCUT2D eigenvalue weighted by molar-refractivity contribution is 7.98. The molecular weight excluding hydrogens is 456 g/mol. The third kappa shape index (κ3) is 6.22. The minimum Gasteiger partial charge on any atom is -0.481 e. The fourth-order valence-electron chi connectivity index (χ4n) is 3.54. The average molecular weight is 483 g/mol. The summed E-state index contributed by atoms with van der Waals surface area (Å²) >= 11 is 1.57. The molecule has 0 aliphatic heterocycles. The van der Waals surface area contributed by atoms with E-state index >= 15 is 0 Å². The smallest absolute Gasteiger partial charge is 0.326 e. The number of carboxylic acids is 2. The van der Waals surface area contributed by atoms with Crippen LogP contribution in [0, 0.1) is 0 Å². The molecule has 0 aliphatic rings. The molecule has 1 amide bonds. The number of hydrogen-bond donors (Lipinski definition) is 3. The van der Waals surface area contributed by atoms with Gasteiger partial charge >= 0.3 is 11.9 Å². The number of aromatic nitrogens is 2. The second-order valence-corrected chi connectivity index (χ2v) is 8.39. The SMILES string of the molecule is CCN(Cc1ccc2ncnc(SC)c2c1)c1ccc(C(=O)N[C@@H](CCC(=O)O)C(=O)O)cc1. The Morgan fingerprint density at radius 1 is 1.09 bits per heavy atom. The minimum absolute atomic E-state index is 0.187. The van der Waals surface area contributed by atoms with E-state index in [4.69, 9.17) is 5.11 Å². The van der Waals surface area contributed by atoms with Crippen molar-refractivity contribution in [1.29, 1.82) is 0 Å². The Labute approximate surface area is 201 Å². The Bertz CT molecular complexity index is 1190. The molecule has 3 rings (SSSR count). The van der Waals surface area contributed by atoms with Crippen LogP contribution in [0.25, 0.3) is 10.9 Å². The van der Waals surface area contributed by atoms with Gasteiger partial charge in [-0.05, 0) is 61.6 Å². The Morgan fingerprint density at radius 2 is 1.82 bits per heavy atom. The molecule has 1 heterocycles. The van der Waals surface area contributed by atoms with Crippen LogP contribution >= 0.6 is 11.8 Å². The van der Waals surface area contributed by atoms with Crippen LogP contribution in [0.5, 0.6) is 0 Å². The van der Waals surface area contributed by atoms with Gasteiger partial charge in [-0.15, -0.1) is 11.8 Å². The van der Waals surface area contributed by atoms with Crippen molar-refractivity contribution < 1.29 is 24.6 Å². The summed E-state index contributed by atoms with van der Waals surface area (Å²) < 4.78 is 0. The van der Waals surface area contributed by atoms with Crippen LogP contribution in [0.15, 0.2) is 53.8 Å². The minimum atomic E-state index is -1.27. The van der Waals surface area contributed by atoms with Crippen LogP contribution in [0.3, 0.4) is 0 Å². The molecule has 9 nitrogen and oxygen atoms in total. The van der Waals surface area contributed by atoms with Crippen LogP contribution in [0.2, 0.25) is 0 Å². The lowest BCUT2D eigenvalue weighted by Gasteiger charge is -2.24. The van der Waals surface area contributed by atoms with E-state index in [1.165, 1.54) is 0 Å². The molecule has 1 aromatic heterocycles. The van der Waals surface area contributed by atoms with Crippen molar-refractivity contribution in [2.75, 3.05) is 17.7 Å². The first-order chi connectivity index (χ1) is 16.3. The number of amides is 1. The molecular formula is C24H26N4O5S. The number of fused-ring (bicyclic) bond motifs is 1. The van der Waals surface area contributed by atoms with Crippen molar-refractivity contribution in [1.82, 2.24) is 15.3 Å². The number of anilines is 1. The zero-order chi connectivity index (χ0) is 24.7. The van der Waals surface area contributed by atoms with Crippen LogP contribution in [-0.4, -0.2) is 56.9 Å². The topological polar surface area (TPSA) is 133 Å². The molecule has 2 aromatic carbocycles. The Morgan fingerprint density at radius 3 is 2.44 bits per heavy atom. The number of carbonyl (C=O) groups is 3. The first kappa shape index (κ1) is 25.0. The van der Waals surface area contributed by atoms with E-state index in [-0.39, 0.29) is 12.8 Å². The van der Waals surface area contributed by atoms with Gasteiger partial charge in [0.05, 0.1) is 5.52 Å². The summed E-state index contributed by atoms with van der Waals surface area (Å²) in [5.74, 6) is -2.95. The second kappa shape index (κ2) is 11.5. The van der Waals surface area contributed by atoms with E-state index in [2.05, 4.69) is 26.3 Å². The lowest BCUT2D eigenvalue weighted by molar-refractivity contribution is -0.140. The monoisotopic (exact) mass is 482 g/mol. The summed E-state index contributed by atoms with van der Waals surface area (Å²) in [5, 5.41) is 22.3. The van der Waals surface area contributed by atoms with Crippen LogP contribution in [0.4, 0.5) is 5.69 Å². The van der Waals surface area contributed by atoms with Gasteiger partial charge in [-0.2, -0.15) is 0 Å². The van der Waals surface area contributed by atoms with E-state index in [0.717, 1.165) is 33.7 Å². The molecule has 1 atom stereocenters. The molecule has 0 unspecified atom stereocenters. The van der Waals surface area contributed by atoms with E-state index in [1.807, 2.05) is 37.4 Å². The molecule has 0 bridgehead atoms. The summed E-state index contributed by atoms with van der Waals surface area (Å²) in [6.07, 6.45) is 3.01. The van der Waals surface area contributed by atoms with Crippen molar-refractivity contribution in [3.05, 3.63) is 59.9 Å². The van der Waals surface area contributed by atoms with Gasteiger partial charge in [-0.25, -0.2) is 14.8 Å². The van der Waals surface area contributed by atoms with Gasteiger partial charge in [0.2, 0.25) is 0 Å². The highest BCUT2D eigenvalue weighted by atomic mass is 32.2. The van der Waals surface area contributed by atoms with Crippen molar-refractivity contribution >= 4 is 46.2 Å². The standard InChI is InChI=1S/C24H26N4O5S/c1-3-28(13-15-4-9-19-18(12-15)23(34-2)26-14-25-19)17-7-5-16(6-8-17)22(31)27-20(24(32)33)10-11-21(29)30/h4-9,12,14,20H,3,10-11,13H2,1-2H3,(H,27,31)(H,29,30)(H,32,33)/t20-/m0/s1. The quantitative estimate of drug-likeness (QED) is 0.278. The average Bonchev–Trinajstić information content (AvgIpc) is 2.84. The highest BCUT2D eigenvalue weighted by Crippen LogP contribution is 2.25. The van der Waals surface area contributed by atoms with Crippen LogP contribution in [0.1, 0.15) is 35.7 Å². The predicted molar refractivity (Wildman–Crippen MR) is 130 cm³/mol. The second-order valence-electron chi connectivity index (χ2n) is 7.59. The molecule has 178 valence electrons. The maximum absolute atomic E-state index is 12.5. The molecule has 0 spiro atoms. The van der Waals surface area contributed by atoms with Gasteiger partial charge in [0, 0.05) is 36.1 Å². The normalized spacial score (nSPS) is 11.7. The van der Waals surface area contributed by atoms with Gasteiger partial charge in [-0.1, -0.05) is 6.07 Å². The van der Waals surface area contributed by atoms with Crippen molar-refractivity contribution in [3.8, 4) is 0 Å². The van der Waals surface area contributed by atoms with Crippen molar-refractivity contribution in [2.24, 2.45) is 0 Å². The van der Waals surface area contributed by atoms with Crippen molar-refractivity contribution in [2.45, 2.75) is 37.4 Å². The largest absolute Gasteiger partial charge is 0.481 e. The third-order valence-corrected chi connectivity index (χ3v) is 6.07. The number of benzene rings is 2. The zero-order valence-electron chi connectivity index (χ0n) is 18.9. The lowest BCUT2D eigenvalue weighted by Crippen LogP contribution is -2.41.